The second kappa shape index (κ2) is 11.2. The molecule has 176 valence electrons. The first-order valence-corrected chi connectivity index (χ1v) is 10.6. The third-order valence-electron chi connectivity index (χ3n) is 5.21. The van der Waals surface area contributed by atoms with E-state index in [1.54, 1.807) is 19.2 Å². The Morgan fingerprint density at radius 1 is 1.10 bits per heavy atom. The number of hydrogen-bond donors (Lipinski definition) is 2. The van der Waals surface area contributed by atoms with E-state index in [0.29, 0.717) is 18.1 Å². The van der Waals surface area contributed by atoms with E-state index in [4.69, 9.17) is 4.74 Å². The maximum absolute atomic E-state index is 12.1. The molecule has 1 aliphatic heterocycles. The molecule has 0 saturated carbocycles. The molecular formula is C22H35F3N4O2. The van der Waals surface area contributed by atoms with E-state index in [0.717, 1.165) is 25.2 Å². The molecule has 31 heavy (non-hydrogen) atoms. The molecule has 0 bridgehead atoms. The van der Waals surface area contributed by atoms with Crippen molar-refractivity contribution < 1.29 is 22.6 Å². The van der Waals surface area contributed by atoms with Crippen molar-refractivity contribution >= 4 is 5.96 Å². The lowest BCUT2D eigenvalue weighted by Gasteiger charge is -2.45. The number of halogens is 3. The zero-order valence-electron chi connectivity index (χ0n) is 19.1. The van der Waals surface area contributed by atoms with Crippen molar-refractivity contribution in [3.8, 4) is 0 Å². The lowest BCUT2D eigenvalue weighted by Crippen LogP contribution is -2.59. The van der Waals surface area contributed by atoms with Crippen LogP contribution < -0.4 is 10.6 Å². The van der Waals surface area contributed by atoms with Crippen LogP contribution >= 0.6 is 0 Å². The number of nitrogens with one attached hydrogen (secondary N) is 2. The van der Waals surface area contributed by atoms with Crippen molar-refractivity contribution in [3.05, 3.63) is 35.4 Å². The summed E-state index contributed by atoms with van der Waals surface area (Å²) < 4.78 is 47.0. The fourth-order valence-electron chi connectivity index (χ4n) is 3.53. The minimum absolute atomic E-state index is 0.0652. The molecule has 2 N–H and O–H groups in total. The third-order valence-corrected chi connectivity index (χ3v) is 5.21. The van der Waals surface area contributed by atoms with E-state index in [1.807, 2.05) is 12.1 Å². The Hall–Kier alpha value is -1.84. The molecule has 1 aliphatic rings. The molecule has 1 aromatic rings. The van der Waals surface area contributed by atoms with Crippen molar-refractivity contribution in [1.82, 2.24) is 15.5 Å². The van der Waals surface area contributed by atoms with Crippen molar-refractivity contribution in [1.29, 1.82) is 0 Å². The Kier molecular flexibility index (Phi) is 9.14. The van der Waals surface area contributed by atoms with Gasteiger partial charge in [0.2, 0.25) is 0 Å². The molecule has 0 radical (unpaired) electrons. The molecule has 9 heteroatoms. The summed E-state index contributed by atoms with van der Waals surface area (Å²) in [7, 11) is 1.72. The smallest absolute Gasteiger partial charge is 0.373 e. The minimum Gasteiger partial charge on any atom is -0.373 e. The Labute approximate surface area is 183 Å². The fourth-order valence-corrected chi connectivity index (χ4v) is 3.53. The average Bonchev–Trinajstić information content (AvgIpc) is 2.67. The van der Waals surface area contributed by atoms with E-state index in [-0.39, 0.29) is 24.4 Å². The van der Waals surface area contributed by atoms with Crippen LogP contribution in [0.5, 0.6) is 0 Å². The molecule has 6 nitrogen and oxygen atoms in total. The molecule has 1 fully saturated rings. The van der Waals surface area contributed by atoms with E-state index in [1.165, 1.54) is 0 Å². The number of morpholine rings is 1. The summed E-state index contributed by atoms with van der Waals surface area (Å²) >= 11 is 0. The number of aliphatic imine (C=N–C) groups is 1. The molecular weight excluding hydrogens is 409 g/mol. The van der Waals surface area contributed by atoms with Gasteiger partial charge < -0.3 is 20.1 Å². The number of ether oxygens (including phenoxy) is 2. The predicted octanol–water partition coefficient (Wildman–Crippen LogP) is 3.32. The lowest BCUT2D eigenvalue weighted by molar-refractivity contribution is -0.176. The Bertz CT molecular complexity index is 698. The number of nitrogens with zero attached hydrogens (tertiary/aromatic N) is 2. The summed E-state index contributed by atoms with van der Waals surface area (Å²) in [4.78, 5) is 6.72. The summed E-state index contributed by atoms with van der Waals surface area (Å²) in [5.41, 5.74) is 1.63. The Balaban J connectivity index is 1.79. The van der Waals surface area contributed by atoms with Crippen LogP contribution in [0.25, 0.3) is 0 Å². The first-order chi connectivity index (χ1) is 14.5. The van der Waals surface area contributed by atoms with Gasteiger partial charge in [-0.05, 0) is 38.8 Å². The Morgan fingerprint density at radius 3 is 2.23 bits per heavy atom. The van der Waals surface area contributed by atoms with Gasteiger partial charge in [0.25, 0.3) is 0 Å². The Morgan fingerprint density at radius 2 is 1.68 bits per heavy atom. The number of alkyl halides is 3. The van der Waals surface area contributed by atoms with Crippen LogP contribution in [0.3, 0.4) is 0 Å². The molecule has 0 aromatic heterocycles. The van der Waals surface area contributed by atoms with E-state index in [9.17, 15) is 13.2 Å². The summed E-state index contributed by atoms with van der Waals surface area (Å²) in [6.45, 7) is 10.4. The molecule has 2 rings (SSSR count). The van der Waals surface area contributed by atoms with Gasteiger partial charge in [0.1, 0.15) is 6.61 Å². The van der Waals surface area contributed by atoms with E-state index in [2.05, 4.69) is 53.0 Å². The summed E-state index contributed by atoms with van der Waals surface area (Å²) in [5, 5.41) is 6.67. The maximum Gasteiger partial charge on any atom is 0.411 e. The van der Waals surface area contributed by atoms with E-state index >= 15 is 0 Å². The van der Waals surface area contributed by atoms with Crippen molar-refractivity contribution in [3.63, 3.8) is 0 Å². The van der Waals surface area contributed by atoms with Crippen LogP contribution in [0.4, 0.5) is 13.2 Å². The van der Waals surface area contributed by atoms with Gasteiger partial charge in [0.15, 0.2) is 5.96 Å². The van der Waals surface area contributed by atoms with Crippen LogP contribution in [0, 0.1) is 0 Å². The van der Waals surface area contributed by atoms with Gasteiger partial charge in [-0.2, -0.15) is 13.2 Å². The van der Waals surface area contributed by atoms with Gasteiger partial charge in [-0.3, -0.25) is 9.89 Å². The van der Waals surface area contributed by atoms with E-state index < -0.39 is 12.8 Å². The monoisotopic (exact) mass is 444 g/mol. The molecule has 1 heterocycles. The SMILES string of the molecule is CN=C(NCc1ccc(COCC(F)(F)F)cc1)NCC(C)(C)N1CC(C)OC(C)C1. The van der Waals surface area contributed by atoms with Gasteiger partial charge in [-0.15, -0.1) is 0 Å². The zero-order chi connectivity index (χ0) is 23.1. The van der Waals surface area contributed by atoms with Crippen LogP contribution in [-0.2, 0) is 22.6 Å². The molecule has 0 aliphatic carbocycles. The van der Waals surface area contributed by atoms with Crippen LogP contribution in [0.2, 0.25) is 0 Å². The lowest BCUT2D eigenvalue weighted by atomic mass is 10.00. The number of hydrogen-bond acceptors (Lipinski definition) is 4. The van der Waals surface area contributed by atoms with Crippen LogP contribution in [0.15, 0.2) is 29.3 Å². The van der Waals surface area contributed by atoms with Crippen molar-refractivity contribution in [2.45, 2.75) is 64.8 Å². The highest BCUT2D eigenvalue weighted by Crippen LogP contribution is 2.20. The summed E-state index contributed by atoms with van der Waals surface area (Å²) in [5.74, 6) is 0.694. The molecule has 0 amide bonds. The summed E-state index contributed by atoms with van der Waals surface area (Å²) in [6.07, 6.45) is -3.89. The molecule has 1 aromatic carbocycles. The van der Waals surface area contributed by atoms with Gasteiger partial charge >= 0.3 is 6.18 Å². The normalized spacial score (nSPS) is 21.2. The maximum atomic E-state index is 12.1. The second-order valence-electron chi connectivity index (χ2n) is 8.68. The van der Waals surface area contributed by atoms with Gasteiger partial charge in [0.05, 0.1) is 18.8 Å². The highest BCUT2D eigenvalue weighted by atomic mass is 19.4. The highest BCUT2D eigenvalue weighted by molar-refractivity contribution is 5.79. The predicted molar refractivity (Wildman–Crippen MR) is 116 cm³/mol. The number of guanidine groups is 1. The first-order valence-electron chi connectivity index (χ1n) is 10.6. The second-order valence-corrected chi connectivity index (χ2v) is 8.68. The topological polar surface area (TPSA) is 58.1 Å². The minimum atomic E-state index is -4.31. The quantitative estimate of drug-likeness (QED) is 0.476. The van der Waals surface area contributed by atoms with Crippen LogP contribution in [0.1, 0.15) is 38.8 Å². The van der Waals surface area contributed by atoms with Crippen molar-refractivity contribution in [2.75, 3.05) is 33.3 Å². The van der Waals surface area contributed by atoms with Crippen LogP contribution in [-0.4, -0.2) is 68.1 Å². The third kappa shape index (κ3) is 9.04. The number of rotatable bonds is 8. The molecule has 2 unspecified atom stereocenters. The largest absolute Gasteiger partial charge is 0.411 e. The highest BCUT2D eigenvalue weighted by Gasteiger charge is 2.33. The first kappa shape index (κ1) is 25.4. The average molecular weight is 445 g/mol. The molecule has 0 spiro atoms. The molecule has 1 saturated heterocycles. The standard InChI is InChI=1S/C22H35F3N4O2/c1-16-11-29(12-17(2)31-16)21(3,4)14-28-20(26-5)27-10-18-6-8-19(9-7-18)13-30-15-22(23,24)25/h6-9,16-17H,10-15H2,1-5H3,(H2,26,27,28). The zero-order valence-corrected chi connectivity index (χ0v) is 19.1. The molecule has 2 atom stereocenters. The summed E-state index contributed by atoms with van der Waals surface area (Å²) in [6, 6.07) is 7.28. The van der Waals surface area contributed by atoms with Gasteiger partial charge in [-0.1, -0.05) is 24.3 Å². The number of benzene rings is 1. The van der Waals surface area contributed by atoms with Gasteiger partial charge in [-0.25, -0.2) is 0 Å². The van der Waals surface area contributed by atoms with Gasteiger partial charge in [0, 0.05) is 38.8 Å². The fraction of sp³-hybridized carbons (Fsp3) is 0.682. The van der Waals surface area contributed by atoms with Crippen molar-refractivity contribution in [2.24, 2.45) is 4.99 Å².